The maximum atomic E-state index is 2.36. The Kier molecular flexibility index (Phi) is 4.96. The molecule has 0 radical (unpaired) electrons. The largest absolute Gasteiger partial charge is 0.0654 e. The van der Waals surface area contributed by atoms with Crippen molar-refractivity contribution in [3.05, 3.63) is 59.7 Å². The van der Waals surface area contributed by atoms with Crippen molar-refractivity contribution in [3.63, 3.8) is 0 Å². The molecule has 0 heterocycles. The third kappa shape index (κ3) is 3.68. The van der Waals surface area contributed by atoms with Gasteiger partial charge in [0.1, 0.15) is 0 Å². The maximum Gasteiger partial charge on any atom is -0.0194 e. The molecule has 2 rings (SSSR count). The van der Waals surface area contributed by atoms with Crippen LogP contribution in [0, 0.1) is 6.92 Å². The van der Waals surface area contributed by atoms with Gasteiger partial charge in [0.25, 0.3) is 0 Å². The molecule has 0 spiro atoms. The molecule has 0 N–H and O–H groups in total. The molecule has 94 valence electrons. The van der Waals surface area contributed by atoms with Crippen LogP contribution in [-0.2, 0) is 6.42 Å². The highest BCUT2D eigenvalue weighted by Crippen LogP contribution is 2.16. The van der Waals surface area contributed by atoms with Gasteiger partial charge in [0.05, 0.1) is 0 Å². The first-order valence-corrected chi connectivity index (χ1v) is 7.71. The Balaban J connectivity index is 2.21. The topological polar surface area (TPSA) is 0 Å². The minimum atomic E-state index is 0.783. The van der Waals surface area contributed by atoms with Crippen LogP contribution < -0.4 is 10.6 Å². The van der Waals surface area contributed by atoms with Gasteiger partial charge in [-0.3, -0.25) is 0 Å². The zero-order valence-corrected chi connectivity index (χ0v) is 12.2. The molecule has 0 aromatic heterocycles. The molecule has 0 aliphatic rings. The number of hydrogen-bond acceptors (Lipinski definition) is 0. The van der Waals surface area contributed by atoms with Crippen molar-refractivity contribution in [3.8, 4) is 0 Å². The number of rotatable bonds is 5. The number of aryl methyl sites for hydroxylation is 2. The fourth-order valence-electron chi connectivity index (χ4n) is 2.10. The van der Waals surface area contributed by atoms with Gasteiger partial charge in [-0.2, -0.15) is 0 Å². The van der Waals surface area contributed by atoms with Crippen LogP contribution in [0.1, 0.15) is 30.9 Å². The van der Waals surface area contributed by atoms with Gasteiger partial charge in [0, 0.05) is 0 Å². The highest BCUT2D eigenvalue weighted by molar-refractivity contribution is 7.55. The van der Waals surface area contributed by atoms with Gasteiger partial charge in [0.2, 0.25) is 0 Å². The SMILES string of the molecule is CCCCc1cc(C)ccc1Pc1ccccc1. The maximum absolute atomic E-state index is 2.36. The van der Waals surface area contributed by atoms with E-state index in [-0.39, 0.29) is 0 Å². The third-order valence-corrected chi connectivity index (χ3v) is 4.49. The van der Waals surface area contributed by atoms with Gasteiger partial charge < -0.3 is 0 Å². The zero-order chi connectivity index (χ0) is 12.8. The number of benzene rings is 2. The van der Waals surface area contributed by atoms with E-state index >= 15 is 0 Å². The van der Waals surface area contributed by atoms with Crippen molar-refractivity contribution in [2.75, 3.05) is 0 Å². The minimum Gasteiger partial charge on any atom is -0.0654 e. The van der Waals surface area contributed by atoms with Gasteiger partial charge in [-0.1, -0.05) is 76.0 Å². The summed E-state index contributed by atoms with van der Waals surface area (Å²) in [5, 5.41) is 2.94. The summed E-state index contributed by atoms with van der Waals surface area (Å²) in [6, 6.07) is 17.7. The fourth-order valence-corrected chi connectivity index (χ4v) is 3.29. The lowest BCUT2D eigenvalue weighted by atomic mass is 10.1. The number of unbranched alkanes of at least 4 members (excludes halogenated alkanes) is 1. The van der Waals surface area contributed by atoms with Crippen molar-refractivity contribution < 1.29 is 0 Å². The van der Waals surface area contributed by atoms with Gasteiger partial charge in [-0.25, -0.2) is 0 Å². The van der Waals surface area contributed by atoms with E-state index in [9.17, 15) is 0 Å². The summed E-state index contributed by atoms with van der Waals surface area (Å²) in [5.74, 6) is 0. The molecule has 2 aromatic carbocycles. The lowest BCUT2D eigenvalue weighted by molar-refractivity contribution is 0.797. The van der Waals surface area contributed by atoms with E-state index in [4.69, 9.17) is 0 Å². The average Bonchev–Trinajstić information content (AvgIpc) is 2.40. The first-order chi connectivity index (χ1) is 8.79. The second kappa shape index (κ2) is 6.71. The molecule has 1 unspecified atom stereocenters. The van der Waals surface area contributed by atoms with Crippen LogP contribution in [0.5, 0.6) is 0 Å². The van der Waals surface area contributed by atoms with Crippen molar-refractivity contribution in [1.29, 1.82) is 0 Å². The Hall–Kier alpha value is -1.13. The Labute approximate surface area is 112 Å². The van der Waals surface area contributed by atoms with Crippen LogP contribution in [-0.4, -0.2) is 0 Å². The normalized spacial score (nSPS) is 11.2. The first kappa shape index (κ1) is 13.3. The lowest BCUT2D eigenvalue weighted by Crippen LogP contribution is -2.09. The van der Waals surface area contributed by atoms with Gasteiger partial charge >= 0.3 is 0 Å². The van der Waals surface area contributed by atoms with Crippen LogP contribution in [0.15, 0.2) is 48.5 Å². The lowest BCUT2D eigenvalue weighted by Gasteiger charge is -2.10. The molecule has 1 heteroatoms. The third-order valence-electron chi connectivity index (χ3n) is 3.11. The minimum absolute atomic E-state index is 0.783. The van der Waals surface area contributed by atoms with Crippen molar-refractivity contribution in [2.45, 2.75) is 33.1 Å². The van der Waals surface area contributed by atoms with E-state index in [0.29, 0.717) is 0 Å². The second-order valence-electron chi connectivity index (χ2n) is 4.76. The van der Waals surface area contributed by atoms with E-state index in [1.54, 1.807) is 5.56 Å². The zero-order valence-electron chi connectivity index (χ0n) is 11.2. The molecule has 1 atom stereocenters. The van der Waals surface area contributed by atoms with E-state index in [1.807, 2.05) is 0 Å². The average molecular weight is 256 g/mol. The molecule has 0 nitrogen and oxygen atoms in total. The molecular formula is C17H21P. The molecular weight excluding hydrogens is 235 g/mol. The molecule has 18 heavy (non-hydrogen) atoms. The van der Waals surface area contributed by atoms with E-state index < -0.39 is 0 Å². The van der Waals surface area contributed by atoms with Crippen molar-refractivity contribution in [2.24, 2.45) is 0 Å². The summed E-state index contributed by atoms with van der Waals surface area (Å²) >= 11 is 0. The Morgan fingerprint density at radius 3 is 2.50 bits per heavy atom. The van der Waals surface area contributed by atoms with Crippen LogP contribution in [0.25, 0.3) is 0 Å². The molecule has 0 aliphatic carbocycles. The predicted octanol–water partition coefficient (Wildman–Crippen LogP) is 3.97. The van der Waals surface area contributed by atoms with Gasteiger partial charge in [-0.05, 0) is 35.9 Å². The number of hydrogen-bond donors (Lipinski definition) is 0. The van der Waals surface area contributed by atoms with E-state index in [2.05, 4.69) is 62.4 Å². The second-order valence-corrected chi connectivity index (χ2v) is 6.12. The smallest absolute Gasteiger partial charge is 0.0194 e. The highest BCUT2D eigenvalue weighted by atomic mass is 31.1. The summed E-state index contributed by atoms with van der Waals surface area (Å²) < 4.78 is 0. The van der Waals surface area contributed by atoms with Crippen LogP contribution in [0.3, 0.4) is 0 Å². The molecule has 0 saturated heterocycles. The molecule has 0 fully saturated rings. The molecule has 0 saturated carbocycles. The molecule has 0 aliphatic heterocycles. The Bertz CT molecular complexity index is 488. The van der Waals surface area contributed by atoms with Crippen LogP contribution in [0.4, 0.5) is 0 Å². The first-order valence-electron chi connectivity index (χ1n) is 6.71. The van der Waals surface area contributed by atoms with Gasteiger partial charge in [-0.15, -0.1) is 0 Å². The van der Waals surface area contributed by atoms with Crippen molar-refractivity contribution in [1.82, 2.24) is 0 Å². The summed E-state index contributed by atoms with van der Waals surface area (Å²) in [6.45, 7) is 4.44. The molecule has 0 bridgehead atoms. The Morgan fingerprint density at radius 1 is 1.00 bits per heavy atom. The van der Waals surface area contributed by atoms with Crippen molar-refractivity contribution >= 4 is 19.2 Å². The van der Waals surface area contributed by atoms with Gasteiger partial charge in [0.15, 0.2) is 0 Å². The standard InChI is InChI=1S/C17H21P/c1-3-4-8-15-13-14(2)11-12-17(15)18-16-9-6-5-7-10-16/h5-7,9-13,18H,3-4,8H2,1-2H3. The summed E-state index contributed by atoms with van der Waals surface area (Å²) in [6.07, 6.45) is 3.77. The van der Waals surface area contributed by atoms with Crippen LogP contribution in [0.2, 0.25) is 0 Å². The van der Waals surface area contributed by atoms with Crippen LogP contribution >= 0.6 is 8.58 Å². The summed E-state index contributed by atoms with van der Waals surface area (Å²) in [7, 11) is 0.783. The van der Waals surface area contributed by atoms with E-state index in [1.165, 1.54) is 35.4 Å². The fraction of sp³-hybridized carbons (Fsp3) is 0.294. The quantitative estimate of drug-likeness (QED) is 0.710. The molecule has 0 amide bonds. The van der Waals surface area contributed by atoms with E-state index in [0.717, 1.165) is 8.58 Å². The predicted molar refractivity (Wildman–Crippen MR) is 83.8 cm³/mol. The summed E-state index contributed by atoms with van der Waals surface area (Å²) in [5.41, 5.74) is 2.92. The Morgan fingerprint density at radius 2 is 1.78 bits per heavy atom. The summed E-state index contributed by atoms with van der Waals surface area (Å²) in [4.78, 5) is 0. The molecule has 2 aromatic rings. The highest BCUT2D eigenvalue weighted by Gasteiger charge is 2.03. The monoisotopic (exact) mass is 256 g/mol.